The monoisotopic (exact) mass is 309 g/mol. The summed E-state index contributed by atoms with van der Waals surface area (Å²) in [6.45, 7) is 3.49. The molecule has 6 nitrogen and oxygen atoms in total. The summed E-state index contributed by atoms with van der Waals surface area (Å²) in [4.78, 5) is 31.3. The minimum absolute atomic E-state index is 0.178. The van der Waals surface area contributed by atoms with Crippen molar-refractivity contribution in [3.05, 3.63) is 27.6 Å². The molecule has 0 saturated carbocycles. The van der Waals surface area contributed by atoms with Gasteiger partial charge in [0, 0.05) is 11.9 Å². The van der Waals surface area contributed by atoms with Crippen molar-refractivity contribution in [1.82, 2.24) is 14.5 Å². The molecule has 2 rings (SSSR count). The Kier molecular flexibility index (Phi) is 5.08. The van der Waals surface area contributed by atoms with Crippen LogP contribution in [0.3, 0.4) is 0 Å². The standard InChI is InChI=1S/C14H19N3O3S/c1-4-20-14(19)10-8-21-12-11(10)13(18)17(9-15-12)7-5-6-16(2)3/h8-9H,4-7H2,1-3H3. The molecule has 7 heteroatoms. The van der Waals surface area contributed by atoms with Crippen LogP contribution in [0.15, 0.2) is 16.5 Å². The number of aromatic nitrogens is 2. The Morgan fingerprint density at radius 3 is 2.90 bits per heavy atom. The van der Waals surface area contributed by atoms with E-state index in [-0.39, 0.29) is 12.2 Å². The number of carbonyl (C=O) groups is 1. The van der Waals surface area contributed by atoms with Gasteiger partial charge in [0.05, 0.1) is 23.9 Å². The van der Waals surface area contributed by atoms with Gasteiger partial charge in [-0.1, -0.05) is 0 Å². The molecule has 0 amide bonds. The molecule has 114 valence electrons. The number of esters is 1. The molecule has 0 N–H and O–H groups in total. The Labute approximate surface area is 127 Å². The van der Waals surface area contributed by atoms with Crippen LogP contribution in [0.4, 0.5) is 0 Å². The molecule has 0 aromatic carbocycles. The summed E-state index contributed by atoms with van der Waals surface area (Å²) in [6.07, 6.45) is 2.39. The Morgan fingerprint density at radius 1 is 1.48 bits per heavy atom. The number of nitrogens with zero attached hydrogens (tertiary/aromatic N) is 3. The van der Waals surface area contributed by atoms with Crippen molar-refractivity contribution in [3.63, 3.8) is 0 Å². The van der Waals surface area contributed by atoms with E-state index in [0.717, 1.165) is 13.0 Å². The van der Waals surface area contributed by atoms with Gasteiger partial charge in [0.2, 0.25) is 0 Å². The number of ether oxygens (including phenoxy) is 1. The lowest BCUT2D eigenvalue weighted by Crippen LogP contribution is -2.24. The SMILES string of the molecule is CCOC(=O)c1csc2ncn(CCCN(C)C)c(=O)c12. The molecule has 2 aromatic heterocycles. The number of hydrogen-bond acceptors (Lipinski definition) is 6. The molecule has 0 aliphatic rings. The third kappa shape index (κ3) is 3.48. The first kappa shape index (κ1) is 15.7. The van der Waals surface area contributed by atoms with Crippen molar-refractivity contribution in [2.24, 2.45) is 0 Å². The van der Waals surface area contributed by atoms with Crippen molar-refractivity contribution in [3.8, 4) is 0 Å². The predicted octanol–water partition coefficient (Wildman–Crippen LogP) is 1.59. The zero-order chi connectivity index (χ0) is 15.4. The summed E-state index contributed by atoms with van der Waals surface area (Å²) in [7, 11) is 3.98. The molecule has 0 radical (unpaired) electrons. The van der Waals surface area contributed by atoms with Gasteiger partial charge in [-0.2, -0.15) is 0 Å². The Hall–Kier alpha value is -1.73. The number of thiophene rings is 1. The molecule has 21 heavy (non-hydrogen) atoms. The van der Waals surface area contributed by atoms with E-state index in [1.807, 2.05) is 14.1 Å². The van der Waals surface area contributed by atoms with Gasteiger partial charge in [-0.15, -0.1) is 11.3 Å². The van der Waals surface area contributed by atoms with Crippen LogP contribution in [0, 0.1) is 0 Å². The van der Waals surface area contributed by atoms with Crippen LogP contribution in [-0.2, 0) is 11.3 Å². The zero-order valence-corrected chi connectivity index (χ0v) is 13.3. The van der Waals surface area contributed by atoms with Crippen LogP contribution >= 0.6 is 11.3 Å². The first-order valence-corrected chi connectivity index (χ1v) is 7.71. The Balaban J connectivity index is 2.33. The molecule has 0 unspecified atom stereocenters. The number of fused-ring (bicyclic) bond motifs is 1. The smallest absolute Gasteiger partial charge is 0.339 e. The van der Waals surface area contributed by atoms with Gasteiger partial charge in [0.15, 0.2) is 0 Å². The summed E-state index contributed by atoms with van der Waals surface area (Å²) >= 11 is 1.29. The fourth-order valence-corrected chi connectivity index (χ4v) is 2.91. The largest absolute Gasteiger partial charge is 0.462 e. The molecule has 0 atom stereocenters. The maximum atomic E-state index is 12.5. The molecular formula is C14H19N3O3S. The summed E-state index contributed by atoms with van der Waals surface area (Å²) in [5.74, 6) is -0.464. The highest BCUT2D eigenvalue weighted by molar-refractivity contribution is 7.17. The molecular weight excluding hydrogens is 290 g/mol. The van der Waals surface area contributed by atoms with Crippen molar-refractivity contribution in [2.45, 2.75) is 19.9 Å². The van der Waals surface area contributed by atoms with E-state index < -0.39 is 5.97 Å². The normalized spacial score (nSPS) is 11.2. The van der Waals surface area contributed by atoms with Crippen LogP contribution in [0.25, 0.3) is 10.2 Å². The van der Waals surface area contributed by atoms with Gasteiger partial charge in [0.1, 0.15) is 4.83 Å². The Morgan fingerprint density at radius 2 is 2.24 bits per heavy atom. The Bertz CT molecular complexity index is 690. The average Bonchev–Trinajstić information content (AvgIpc) is 2.86. The van der Waals surface area contributed by atoms with E-state index in [1.54, 1.807) is 23.2 Å². The third-order valence-corrected chi connectivity index (χ3v) is 3.95. The van der Waals surface area contributed by atoms with Gasteiger partial charge >= 0.3 is 5.97 Å². The highest BCUT2D eigenvalue weighted by atomic mass is 32.1. The zero-order valence-electron chi connectivity index (χ0n) is 12.5. The quantitative estimate of drug-likeness (QED) is 0.758. The molecule has 0 saturated heterocycles. The fraction of sp³-hybridized carbons (Fsp3) is 0.500. The van der Waals surface area contributed by atoms with Gasteiger partial charge in [-0.3, -0.25) is 9.36 Å². The third-order valence-electron chi connectivity index (χ3n) is 3.06. The van der Waals surface area contributed by atoms with Gasteiger partial charge in [0.25, 0.3) is 5.56 Å². The summed E-state index contributed by atoms with van der Waals surface area (Å²) in [6, 6.07) is 0. The van der Waals surface area contributed by atoms with Crippen LogP contribution in [0.2, 0.25) is 0 Å². The lowest BCUT2D eigenvalue weighted by atomic mass is 10.2. The molecule has 0 bridgehead atoms. The van der Waals surface area contributed by atoms with Crippen molar-refractivity contribution >= 4 is 27.5 Å². The number of rotatable bonds is 6. The van der Waals surface area contributed by atoms with Crippen LogP contribution < -0.4 is 5.56 Å². The van der Waals surface area contributed by atoms with E-state index >= 15 is 0 Å². The summed E-state index contributed by atoms with van der Waals surface area (Å²) in [5.41, 5.74) is 0.138. The van der Waals surface area contributed by atoms with E-state index in [9.17, 15) is 9.59 Å². The lowest BCUT2D eigenvalue weighted by molar-refractivity contribution is 0.0529. The highest BCUT2D eigenvalue weighted by Gasteiger charge is 2.18. The highest BCUT2D eigenvalue weighted by Crippen LogP contribution is 2.21. The molecule has 0 aliphatic heterocycles. The van der Waals surface area contributed by atoms with E-state index in [4.69, 9.17) is 4.74 Å². The minimum atomic E-state index is -0.464. The van der Waals surface area contributed by atoms with Gasteiger partial charge < -0.3 is 9.64 Å². The van der Waals surface area contributed by atoms with Crippen molar-refractivity contribution < 1.29 is 9.53 Å². The van der Waals surface area contributed by atoms with E-state index in [2.05, 4.69) is 9.88 Å². The van der Waals surface area contributed by atoms with Crippen LogP contribution in [0.5, 0.6) is 0 Å². The number of aryl methyl sites for hydroxylation is 1. The minimum Gasteiger partial charge on any atom is -0.462 e. The van der Waals surface area contributed by atoms with E-state index in [1.165, 1.54) is 11.3 Å². The average molecular weight is 309 g/mol. The second-order valence-corrected chi connectivity index (χ2v) is 5.81. The fourth-order valence-electron chi connectivity index (χ4n) is 2.04. The maximum Gasteiger partial charge on any atom is 0.339 e. The molecule has 2 heterocycles. The van der Waals surface area contributed by atoms with E-state index in [0.29, 0.717) is 22.3 Å². The first-order valence-electron chi connectivity index (χ1n) is 6.83. The van der Waals surface area contributed by atoms with Crippen molar-refractivity contribution in [2.75, 3.05) is 27.2 Å². The molecule has 0 fully saturated rings. The lowest BCUT2D eigenvalue weighted by Gasteiger charge is -2.10. The second-order valence-electron chi connectivity index (χ2n) is 4.95. The molecule has 0 aliphatic carbocycles. The van der Waals surface area contributed by atoms with Gasteiger partial charge in [-0.25, -0.2) is 9.78 Å². The summed E-state index contributed by atoms with van der Waals surface area (Å²) in [5, 5.41) is 2.01. The maximum absolute atomic E-state index is 12.5. The predicted molar refractivity (Wildman–Crippen MR) is 83.0 cm³/mol. The van der Waals surface area contributed by atoms with Gasteiger partial charge in [-0.05, 0) is 34.0 Å². The molecule has 2 aromatic rings. The molecule has 0 spiro atoms. The second kappa shape index (κ2) is 6.82. The summed E-state index contributed by atoms with van der Waals surface area (Å²) < 4.78 is 6.54. The van der Waals surface area contributed by atoms with Crippen LogP contribution in [-0.4, -0.2) is 47.7 Å². The number of carbonyl (C=O) groups excluding carboxylic acids is 1. The number of hydrogen-bond donors (Lipinski definition) is 0. The van der Waals surface area contributed by atoms with Crippen LogP contribution in [0.1, 0.15) is 23.7 Å². The first-order chi connectivity index (χ1) is 10.0. The topological polar surface area (TPSA) is 64.4 Å². The van der Waals surface area contributed by atoms with Crippen molar-refractivity contribution in [1.29, 1.82) is 0 Å².